The molecule has 3 aliphatic heterocycles. The highest BCUT2D eigenvalue weighted by Crippen LogP contribution is 2.35. The molecule has 88 heavy (non-hydrogen) atoms. The number of anilines is 5. The summed E-state index contributed by atoms with van der Waals surface area (Å²) in [4.78, 5) is 93.5. The molecule has 0 bridgehead atoms. The molecule has 3 aliphatic carbocycles. The van der Waals surface area contributed by atoms with E-state index in [2.05, 4.69) is 46.0 Å². The number of sulfone groups is 3. The zero-order chi connectivity index (χ0) is 61.8. The molecule has 3 aromatic carbocycles. The van der Waals surface area contributed by atoms with Gasteiger partial charge >= 0.3 is 0 Å². The lowest BCUT2D eigenvalue weighted by molar-refractivity contribution is 0.0983. The van der Waals surface area contributed by atoms with Gasteiger partial charge in [0.25, 0.3) is 0 Å². The van der Waals surface area contributed by atoms with Gasteiger partial charge in [0.05, 0.1) is 108 Å². The van der Waals surface area contributed by atoms with E-state index < -0.39 is 64.2 Å². The first-order chi connectivity index (χ1) is 41.5. The summed E-state index contributed by atoms with van der Waals surface area (Å²) in [5, 5.41) is 12.3. The SMILES string of the molecule is C.CS(=O)(=O)c1cccc2c1C(=O)C=C(Nc1cncc(C3CCSCC3)c1)C2=O.CS(=O)(=O)c1cccc2c1C(=O)C=C(Nc1cncc(N3CCNCC3)c1)C2=O.CS(=O)(=O)c1cccc2c1C(=O)C=C(Nc1cncc(N3CCSCC3)c1)C2=O. The number of rotatable bonds is 12. The molecule has 6 heterocycles. The number of nitrogens with zero attached hydrogens (tertiary/aromatic N) is 5. The molecule has 4 N–H and O–H groups in total. The molecule has 6 aromatic rings. The zero-order valence-corrected chi connectivity index (χ0v) is 51.4. The minimum atomic E-state index is -3.64. The van der Waals surface area contributed by atoms with Crippen LogP contribution in [-0.2, 0) is 29.5 Å². The number of aromatic nitrogens is 3. The molecule has 6 aliphatic rings. The van der Waals surface area contributed by atoms with Crippen LogP contribution in [0.15, 0.2) is 160 Å². The van der Waals surface area contributed by atoms with Gasteiger partial charge in [-0.1, -0.05) is 43.8 Å². The van der Waals surface area contributed by atoms with Gasteiger partial charge < -0.3 is 31.1 Å². The van der Waals surface area contributed by atoms with Crippen molar-refractivity contribution < 1.29 is 54.0 Å². The molecule has 12 rings (SSSR count). The van der Waals surface area contributed by atoms with Gasteiger partial charge in [-0.15, -0.1) is 0 Å². The molecule has 26 heteroatoms. The third-order valence-corrected chi connectivity index (χ3v) is 20.3. The van der Waals surface area contributed by atoms with Crippen molar-refractivity contribution in [3.63, 3.8) is 0 Å². The molecule has 3 aromatic heterocycles. The summed E-state index contributed by atoms with van der Waals surface area (Å²) >= 11 is 3.86. The summed E-state index contributed by atoms with van der Waals surface area (Å²) in [5.74, 6) is 1.99. The Morgan fingerprint density at radius 3 is 1.20 bits per heavy atom. The van der Waals surface area contributed by atoms with E-state index in [4.69, 9.17) is 0 Å². The molecular weight excluding hydrogens is 1220 g/mol. The molecular formula is C62H63N9O12S5. The number of allylic oxidation sites excluding steroid dienone is 6. The van der Waals surface area contributed by atoms with Crippen molar-refractivity contribution in [2.75, 3.05) is 107 Å². The summed E-state index contributed by atoms with van der Waals surface area (Å²) in [6.45, 7) is 5.33. The van der Waals surface area contributed by atoms with Crippen LogP contribution < -0.4 is 31.1 Å². The Morgan fingerprint density at radius 2 is 0.818 bits per heavy atom. The van der Waals surface area contributed by atoms with Gasteiger partial charge in [-0.25, -0.2) is 25.3 Å². The first-order valence-electron chi connectivity index (χ1n) is 27.5. The number of nitrogens with one attached hydrogen (secondary N) is 4. The smallest absolute Gasteiger partial charge is 0.210 e. The lowest BCUT2D eigenvalue weighted by Crippen LogP contribution is -2.43. The van der Waals surface area contributed by atoms with Crippen molar-refractivity contribution in [3.8, 4) is 0 Å². The number of fused-ring (bicyclic) bond motifs is 3. The molecule has 0 unspecified atom stereocenters. The van der Waals surface area contributed by atoms with Crippen molar-refractivity contribution in [2.24, 2.45) is 0 Å². The number of benzene rings is 3. The van der Waals surface area contributed by atoms with E-state index in [1.54, 1.807) is 31.0 Å². The Balaban J connectivity index is 0.000000156. The fraction of sp³-hybridized carbons (Fsp3) is 0.274. The fourth-order valence-electron chi connectivity index (χ4n) is 10.7. The molecule has 0 saturated carbocycles. The summed E-state index contributed by atoms with van der Waals surface area (Å²) in [6.07, 6.45) is 18.9. The molecule has 0 spiro atoms. The Hall–Kier alpha value is -8.14. The average Bonchev–Trinajstić information content (AvgIpc) is 1.76. The van der Waals surface area contributed by atoms with Gasteiger partial charge in [0.15, 0.2) is 46.9 Å². The van der Waals surface area contributed by atoms with Crippen LogP contribution in [0, 0.1) is 0 Å². The van der Waals surface area contributed by atoms with E-state index in [9.17, 15) is 54.0 Å². The third kappa shape index (κ3) is 14.5. The van der Waals surface area contributed by atoms with Crippen LogP contribution in [0.2, 0.25) is 0 Å². The van der Waals surface area contributed by atoms with Crippen LogP contribution in [0.4, 0.5) is 28.4 Å². The van der Waals surface area contributed by atoms with E-state index in [0.717, 1.165) is 123 Å². The Kier molecular flexibility index (Phi) is 19.8. The molecule has 0 atom stereocenters. The van der Waals surface area contributed by atoms with Crippen LogP contribution in [0.3, 0.4) is 0 Å². The molecule has 0 amide bonds. The van der Waals surface area contributed by atoms with Gasteiger partial charge in [-0.3, -0.25) is 43.7 Å². The van der Waals surface area contributed by atoms with E-state index in [1.807, 2.05) is 47.9 Å². The number of carbonyl (C=O) groups is 6. The number of piperazine rings is 1. The Labute approximate surface area is 519 Å². The van der Waals surface area contributed by atoms with E-state index in [0.29, 0.717) is 23.0 Å². The van der Waals surface area contributed by atoms with Crippen molar-refractivity contribution in [1.82, 2.24) is 20.3 Å². The second-order valence-corrected chi connectivity index (χ2v) is 29.5. The predicted molar refractivity (Wildman–Crippen MR) is 343 cm³/mol. The normalized spacial score (nSPS) is 17.0. The minimum Gasteiger partial charge on any atom is -0.369 e. The monoisotopic (exact) mass is 1290 g/mol. The van der Waals surface area contributed by atoms with Crippen LogP contribution in [0.25, 0.3) is 0 Å². The van der Waals surface area contributed by atoms with E-state index >= 15 is 0 Å². The quantitative estimate of drug-likeness (QED) is 0.0908. The van der Waals surface area contributed by atoms with Gasteiger partial charge in [0.2, 0.25) is 17.3 Å². The van der Waals surface area contributed by atoms with Gasteiger partial charge in [-0.05, 0) is 72.2 Å². The van der Waals surface area contributed by atoms with Crippen molar-refractivity contribution in [3.05, 3.63) is 184 Å². The van der Waals surface area contributed by atoms with Crippen LogP contribution in [0.1, 0.15) is 93.9 Å². The molecule has 458 valence electrons. The number of Topliss-reactive ketones (excluding diaryl/α,β-unsaturated/α-hetero) is 3. The molecule has 3 fully saturated rings. The van der Waals surface area contributed by atoms with Gasteiger partial charge in [0, 0.05) is 111 Å². The van der Waals surface area contributed by atoms with Crippen LogP contribution in [-0.4, -0.2) is 156 Å². The number of hydrogen-bond acceptors (Lipinski definition) is 23. The van der Waals surface area contributed by atoms with Gasteiger partial charge in [0.1, 0.15) is 0 Å². The fourth-order valence-corrected chi connectivity index (χ4v) is 15.4. The molecule has 0 radical (unpaired) electrons. The Morgan fingerprint density at radius 1 is 0.466 bits per heavy atom. The van der Waals surface area contributed by atoms with Crippen molar-refractivity contribution in [2.45, 2.75) is 40.9 Å². The second-order valence-electron chi connectivity index (χ2n) is 21.1. The molecule has 21 nitrogen and oxygen atoms in total. The zero-order valence-electron chi connectivity index (χ0n) is 47.4. The average molecular weight is 1290 g/mol. The summed E-state index contributed by atoms with van der Waals surface area (Å²) in [5.41, 5.74) is 5.16. The largest absolute Gasteiger partial charge is 0.369 e. The van der Waals surface area contributed by atoms with Crippen LogP contribution >= 0.6 is 23.5 Å². The first-order valence-corrected chi connectivity index (χ1v) is 35.5. The maximum Gasteiger partial charge on any atom is 0.210 e. The lowest BCUT2D eigenvalue weighted by Gasteiger charge is -2.29. The summed E-state index contributed by atoms with van der Waals surface area (Å²) in [7, 11) is -10.9. The number of thioether (sulfide) groups is 2. The number of pyridine rings is 3. The standard InChI is InChI=1S/C21H20N2O4S2.C20H20N4O4S.C20H19N3O4S2.CH4/c1-29(26,27)19-4-2-3-16-20(19)18(24)10-17(21(16)25)23-15-9-14(11-22-12-15)13-5-7-28-8-6-13;1-29(27,28)18-4-2-3-15-19(18)17(25)10-16(20(15)26)23-13-9-14(12-22-11-13)24-7-5-21-6-8-24;1-29(26,27)18-4-2-3-15-19(18)17(24)10-16(20(15)25)22-13-9-14(12-21-11-13)23-5-7-28-8-6-23;/h2-4,9-13,23H,5-8H2,1H3;2-4,9-12,21,23H,5-8H2,1H3;2-4,9-12,22H,5-8H2,1H3;1H4. The van der Waals surface area contributed by atoms with E-state index in [-0.39, 0.29) is 72.6 Å². The minimum absolute atomic E-state index is 0. The topological polar surface area (TPSA) is 298 Å². The van der Waals surface area contributed by atoms with E-state index in [1.165, 1.54) is 60.7 Å². The third-order valence-electron chi connectivity index (χ3n) is 14.9. The first kappa shape index (κ1) is 64.3. The number of hydrogen-bond donors (Lipinski definition) is 4. The summed E-state index contributed by atoms with van der Waals surface area (Å²) in [6, 6.07) is 18.6. The number of ketones is 6. The highest BCUT2D eigenvalue weighted by atomic mass is 32.2. The predicted octanol–water partition coefficient (Wildman–Crippen LogP) is 7.79. The van der Waals surface area contributed by atoms with Crippen molar-refractivity contribution in [1.29, 1.82) is 0 Å². The van der Waals surface area contributed by atoms with Crippen LogP contribution in [0.5, 0.6) is 0 Å². The maximum atomic E-state index is 12.9. The lowest BCUT2D eigenvalue weighted by atomic mass is 9.92. The van der Waals surface area contributed by atoms with Gasteiger partial charge in [-0.2, -0.15) is 23.5 Å². The number of carbonyl (C=O) groups excluding carboxylic acids is 6. The molecule has 3 saturated heterocycles. The maximum absolute atomic E-state index is 12.9. The Bertz CT molecular complexity index is 3840. The second kappa shape index (κ2) is 27.1. The highest BCUT2D eigenvalue weighted by molar-refractivity contribution is 7.99. The van der Waals surface area contributed by atoms with Crippen molar-refractivity contribution >= 4 is 116 Å². The highest BCUT2D eigenvalue weighted by Gasteiger charge is 2.34. The summed E-state index contributed by atoms with van der Waals surface area (Å²) < 4.78 is 72.0.